The largest absolute Gasteiger partial charge is 0.490 e. The molecule has 7 nitrogen and oxygen atoms in total. The highest BCUT2D eigenvalue weighted by Crippen LogP contribution is 2.49. The third kappa shape index (κ3) is 6.07. The number of aryl methyl sites for hydroxylation is 2. The minimum absolute atomic E-state index is 0.105. The summed E-state index contributed by atoms with van der Waals surface area (Å²) in [5.41, 5.74) is 2.63. The number of amides is 1. The lowest BCUT2D eigenvalue weighted by molar-refractivity contribution is -0.192. The summed E-state index contributed by atoms with van der Waals surface area (Å²) >= 11 is 0. The molecule has 11 heteroatoms. The summed E-state index contributed by atoms with van der Waals surface area (Å²) in [4.78, 5) is 21.7. The van der Waals surface area contributed by atoms with Crippen molar-refractivity contribution in [2.45, 2.75) is 62.1 Å². The van der Waals surface area contributed by atoms with Crippen molar-refractivity contribution in [1.82, 2.24) is 5.32 Å². The molecule has 0 unspecified atom stereocenters. The van der Waals surface area contributed by atoms with Gasteiger partial charge in [-0.25, -0.2) is 13.2 Å². The van der Waals surface area contributed by atoms with Gasteiger partial charge >= 0.3 is 12.1 Å². The molecule has 2 aromatic carbocycles. The van der Waals surface area contributed by atoms with Gasteiger partial charge in [0.05, 0.1) is 10.3 Å². The Kier molecular flexibility index (Phi) is 6.97. The fourth-order valence-electron chi connectivity index (χ4n) is 3.39. The summed E-state index contributed by atoms with van der Waals surface area (Å²) in [5.74, 6) is -2.65. The molecule has 1 amide bonds. The van der Waals surface area contributed by atoms with E-state index in [9.17, 15) is 26.4 Å². The summed E-state index contributed by atoms with van der Waals surface area (Å²) in [5, 5.41) is 10.2. The van der Waals surface area contributed by atoms with Gasteiger partial charge in [0.2, 0.25) is 5.91 Å². The number of anilines is 1. The zero-order valence-corrected chi connectivity index (χ0v) is 19.4. The third-order valence-corrected chi connectivity index (χ3v) is 7.19. The van der Waals surface area contributed by atoms with Crippen molar-refractivity contribution >= 4 is 27.6 Å². The standard InChI is InChI=1S/C21H24N2O3S.C2HF3O2/c1-14-3-4-15(2)19(13-14)27(25,26)23-18-7-5-16(6-8-18)21(11-12-21)20(24)22-17-9-10-17;3-2(4,5)1(6)7/h3-8,13,17,23H,9-12H2,1-2H3,(H,22,24);(H,6,7). The van der Waals surface area contributed by atoms with E-state index >= 15 is 0 Å². The highest BCUT2D eigenvalue weighted by molar-refractivity contribution is 7.92. The van der Waals surface area contributed by atoms with Crippen LogP contribution in [-0.4, -0.2) is 37.6 Å². The Morgan fingerprint density at radius 1 is 1.03 bits per heavy atom. The van der Waals surface area contributed by atoms with Gasteiger partial charge in [-0.3, -0.25) is 9.52 Å². The van der Waals surface area contributed by atoms with E-state index < -0.39 is 27.6 Å². The maximum Gasteiger partial charge on any atom is 0.490 e. The van der Waals surface area contributed by atoms with Crippen LogP contribution in [0.5, 0.6) is 0 Å². The molecule has 0 aromatic heterocycles. The van der Waals surface area contributed by atoms with Crippen LogP contribution in [0.1, 0.15) is 42.4 Å². The van der Waals surface area contributed by atoms with Crippen molar-refractivity contribution < 1.29 is 36.3 Å². The summed E-state index contributed by atoms with van der Waals surface area (Å²) < 4.78 is 59.8. The molecule has 3 N–H and O–H groups in total. The van der Waals surface area contributed by atoms with Gasteiger partial charge in [-0.15, -0.1) is 0 Å². The van der Waals surface area contributed by atoms with Crippen molar-refractivity contribution in [1.29, 1.82) is 0 Å². The number of carboxylic acid groups (broad SMARTS) is 1. The first-order valence-electron chi connectivity index (χ1n) is 10.6. The molecule has 2 aliphatic carbocycles. The highest BCUT2D eigenvalue weighted by Gasteiger charge is 2.52. The molecule has 0 aliphatic heterocycles. The summed E-state index contributed by atoms with van der Waals surface area (Å²) in [6.07, 6.45) is -1.25. The second-order valence-electron chi connectivity index (χ2n) is 8.58. The highest BCUT2D eigenvalue weighted by atomic mass is 32.2. The molecule has 2 aliphatic rings. The van der Waals surface area contributed by atoms with Gasteiger partial charge in [-0.2, -0.15) is 13.2 Å². The van der Waals surface area contributed by atoms with E-state index in [2.05, 4.69) is 10.0 Å². The second-order valence-corrected chi connectivity index (χ2v) is 10.2. The van der Waals surface area contributed by atoms with Crippen LogP contribution in [0.25, 0.3) is 0 Å². The Labute approximate surface area is 195 Å². The van der Waals surface area contributed by atoms with E-state index in [1.54, 1.807) is 25.1 Å². The van der Waals surface area contributed by atoms with E-state index in [4.69, 9.17) is 9.90 Å². The minimum atomic E-state index is -5.08. The fourth-order valence-corrected chi connectivity index (χ4v) is 4.78. The number of hydrogen-bond acceptors (Lipinski definition) is 4. The van der Waals surface area contributed by atoms with E-state index in [0.717, 1.165) is 36.8 Å². The number of alkyl halides is 3. The van der Waals surface area contributed by atoms with Gasteiger partial charge in [-0.05, 0) is 74.4 Å². The van der Waals surface area contributed by atoms with E-state index in [0.29, 0.717) is 17.3 Å². The van der Waals surface area contributed by atoms with E-state index in [1.165, 1.54) is 0 Å². The van der Waals surface area contributed by atoms with Gasteiger partial charge in [-0.1, -0.05) is 24.3 Å². The number of halogens is 3. The number of rotatable bonds is 6. The van der Waals surface area contributed by atoms with Crippen LogP contribution in [-0.2, 0) is 25.0 Å². The van der Waals surface area contributed by atoms with Gasteiger partial charge in [0.15, 0.2) is 0 Å². The van der Waals surface area contributed by atoms with Crippen molar-refractivity contribution in [3.63, 3.8) is 0 Å². The lowest BCUT2D eigenvalue weighted by Gasteiger charge is -2.16. The Bertz CT molecular complexity index is 1190. The Morgan fingerprint density at radius 3 is 2.06 bits per heavy atom. The molecule has 184 valence electrons. The first kappa shape index (κ1) is 25.5. The van der Waals surface area contributed by atoms with Gasteiger partial charge in [0, 0.05) is 11.7 Å². The number of sulfonamides is 1. The first-order chi connectivity index (χ1) is 15.7. The lowest BCUT2D eigenvalue weighted by Crippen LogP contribution is -2.36. The molecule has 0 saturated heterocycles. The monoisotopic (exact) mass is 498 g/mol. The topological polar surface area (TPSA) is 113 Å². The smallest absolute Gasteiger partial charge is 0.475 e. The van der Waals surface area contributed by atoms with Crippen LogP contribution in [0.2, 0.25) is 0 Å². The van der Waals surface area contributed by atoms with Crippen molar-refractivity contribution in [3.05, 3.63) is 59.2 Å². The molecule has 2 fully saturated rings. The average Bonchev–Trinajstić information content (AvgIpc) is 3.65. The SMILES string of the molecule is Cc1ccc(C)c(S(=O)(=O)Nc2ccc(C3(C(=O)NC4CC4)CC3)cc2)c1.O=C(O)C(F)(F)F. The summed E-state index contributed by atoms with van der Waals surface area (Å²) in [6.45, 7) is 3.65. The van der Waals surface area contributed by atoms with Crippen LogP contribution >= 0.6 is 0 Å². The molecular formula is C23H25F3N2O5S. The number of benzene rings is 2. The quantitative estimate of drug-likeness (QED) is 0.556. The number of carbonyl (C=O) groups excluding carboxylic acids is 1. The third-order valence-electron chi connectivity index (χ3n) is 5.66. The van der Waals surface area contributed by atoms with Gasteiger partial charge in [0.25, 0.3) is 10.0 Å². The van der Waals surface area contributed by atoms with E-state index in [1.807, 2.05) is 31.2 Å². The fraction of sp³-hybridized carbons (Fsp3) is 0.391. The maximum absolute atomic E-state index is 12.7. The van der Waals surface area contributed by atoms with Crippen molar-refractivity contribution in [2.24, 2.45) is 0 Å². The molecule has 0 atom stereocenters. The molecule has 0 bridgehead atoms. The normalized spacial score (nSPS) is 16.6. The first-order valence-corrected chi connectivity index (χ1v) is 12.0. The molecular weight excluding hydrogens is 473 g/mol. The van der Waals surface area contributed by atoms with E-state index in [-0.39, 0.29) is 10.8 Å². The predicted octanol–water partition coefficient (Wildman–Crippen LogP) is 4.05. The van der Waals surface area contributed by atoms with Crippen LogP contribution in [0, 0.1) is 13.8 Å². The van der Waals surface area contributed by atoms with Crippen LogP contribution in [0.15, 0.2) is 47.4 Å². The van der Waals surface area contributed by atoms with Crippen LogP contribution < -0.4 is 10.0 Å². The number of nitrogens with one attached hydrogen (secondary N) is 2. The molecule has 0 radical (unpaired) electrons. The van der Waals surface area contributed by atoms with Crippen LogP contribution in [0.3, 0.4) is 0 Å². The molecule has 34 heavy (non-hydrogen) atoms. The minimum Gasteiger partial charge on any atom is -0.475 e. The molecule has 0 spiro atoms. The zero-order chi connectivity index (χ0) is 25.3. The molecule has 2 aromatic rings. The number of carboxylic acids is 1. The Balaban J connectivity index is 0.000000406. The van der Waals surface area contributed by atoms with Crippen LogP contribution in [0.4, 0.5) is 18.9 Å². The number of aliphatic carboxylic acids is 1. The van der Waals surface area contributed by atoms with Gasteiger partial charge in [0.1, 0.15) is 0 Å². The predicted molar refractivity (Wildman–Crippen MR) is 119 cm³/mol. The Morgan fingerprint density at radius 2 is 1.59 bits per heavy atom. The maximum atomic E-state index is 12.7. The lowest BCUT2D eigenvalue weighted by atomic mass is 9.95. The number of hydrogen-bond donors (Lipinski definition) is 3. The average molecular weight is 499 g/mol. The summed E-state index contributed by atoms with van der Waals surface area (Å²) in [7, 11) is -3.65. The molecule has 2 saturated carbocycles. The second kappa shape index (κ2) is 9.28. The summed E-state index contributed by atoms with van der Waals surface area (Å²) in [6, 6.07) is 12.9. The Hall–Kier alpha value is -3.08. The van der Waals surface area contributed by atoms with Crippen molar-refractivity contribution in [3.8, 4) is 0 Å². The van der Waals surface area contributed by atoms with Gasteiger partial charge < -0.3 is 10.4 Å². The molecule has 0 heterocycles. The van der Waals surface area contributed by atoms with Crippen molar-refractivity contribution in [2.75, 3.05) is 4.72 Å². The number of carbonyl (C=O) groups is 2. The zero-order valence-electron chi connectivity index (χ0n) is 18.6. The molecule has 4 rings (SSSR count).